The third-order valence-electron chi connectivity index (χ3n) is 1.94. The van der Waals surface area contributed by atoms with E-state index in [1.807, 2.05) is 6.07 Å². The molecule has 1 heteroatoms. The van der Waals surface area contributed by atoms with Gasteiger partial charge >= 0.3 is 0 Å². The number of alkyl halides is 1. The summed E-state index contributed by atoms with van der Waals surface area (Å²) in [6.45, 7) is 0. The van der Waals surface area contributed by atoms with Gasteiger partial charge in [-0.2, -0.15) is 0 Å². The Hall–Kier alpha value is -0.490. The van der Waals surface area contributed by atoms with Gasteiger partial charge in [0.2, 0.25) is 0 Å². The van der Waals surface area contributed by atoms with Crippen molar-refractivity contribution in [2.45, 2.75) is 17.7 Å². The normalized spacial score (nSPS) is 30.1. The monoisotopic (exact) mass is 152 g/mol. The van der Waals surface area contributed by atoms with E-state index in [-0.39, 0.29) is 0 Å². The van der Waals surface area contributed by atoms with E-state index in [9.17, 15) is 0 Å². The predicted octanol–water partition coefficient (Wildman–Crippen LogP) is 2.78. The fourth-order valence-corrected chi connectivity index (χ4v) is 1.55. The highest BCUT2D eigenvalue weighted by Crippen LogP contribution is 2.44. The summed E-state index contributed by atoms with van der Waals surface area (Å²) in [6.07, 6.45) is 1.16. The van der Waals surface area contributed by atoms with Crippen LogP contribution in [0.1, 0.15) is 17.9 Å². The van der Waals surface area contributed by atoms with Crippen molar-refractivity contribution in [1.29, 1.82) is 0 Å². The SMILES string of the molecule is Cl[C@@H]1C[C@H]1c1ccccc1. The lowest BCUT2D eigenvalue weighted by Gasteiger charge is -1.93. The van der Waals surface area contributed by atoms with Crippen LogP contribution in [-0.4, -0.2) is 5.38 Å². The van der Waals surface area contributed by atoms with E-state index >= 15 is 0 Å². The van der Waals surface area contributed by atoms with Gasteiger partial charge in [-0.25, -0.2) is 0 Å². The number of hydrogen-bond donors (Lipinski definition) is 0. The molecule has 0 nitrogen and oxygen atoms in total. The number of halogens is 1. The second-order valence-corrected chi connectivity index (χ2v) is 3.33. The first-order chi connectivity index (χ1) is 4.88. The second-order valence-electron chi connectivity index (χ2n) is 2.77. The lowest BCUT2D eigenvalue weighted by Crippen LogP contribution is -1.78. The van der Waals surface area contributed by atoms with Gasteiger partial charge in [0, 0.05) is 11.3 Å². The smallest absolute Gasteiger partial charge is 0.0411 e. The van der Waals surface area contributed by atoms with Crippen LogP contribution < -0.4 is 0 Å². The van der Waals surface area contributed by atoms with E-state index in [1.165, 1.54) is 5.56 Å². The zero-order valence-corrected chi connectivity index (χ0v) is 6.38. The van der Waals surface area contributed by atoms with Crippen molar-refractivity contribution in [3.05, 3.63) is 35.9 Å². The van der Waals surface area contributed by atoms with E-state index in [1.54, 1.807) is 0 Å². The summed E-state index contributed by atoms with van der Waals surface area (Å²) in [4.78, 5) is 0. The molecule has 0 N–H and O–H groups in total. The van der Waals surface area contributed by atoms with Crippen LogP contribution in [0.5, 0.6) is 0 Å². The molecule has 0 amide bonds. The maximum Gasteiger partial charge on any atom is 0.0411 e. The fraction of sp³-hybridized carbons (Fsp3) is 0.333. The standard InChI is InChI=1S/C9H9Cl/c10-9-6-8(9)7-4-2-1-3-5-7/h1-5,8-9H,6H2/t8-,9+/m0/s1. The van der Waals surface area contributed by atoms with Crippen LogP contribution in [0.3, 0.4) is 0 Å². The average molecular weight is 153 g/mol. The van der Waals surface area contributed by atoms with Gasteiger partial charge in [-0.3, -0.25) is 0 Å². The summed E-state index contributed by atoms with van der Waals surface area (Å²) in [5.41, 5.74) is 1.39. The Balaban J connectivity index is 2.20. The van der Waals surface area contributed by atoms with Crippen molar-refractivity contribution in [2.75, 3.05) is 0 Å². The molecule has 0 aromatic heterocycles. The molecule has 1 saturated carbocycles. The maximum absolute atomic E-state index is 5.89. The van der Waals surface area contributed by atoms with Gasteiger partial charge in [0.15, 0.2) is 0 Å². The Kier molecular flexibility index (Phi) is 1.42. The van der Waals surface area contributed by atoms with Gasteiger partial charge in [0.25, 0.3) is 0 Å². The van der Waals surface area contributed by atoms with E-state index in [0.29, 0.717) is 11.3 Å². The minimum absolute atomic E-state index is 0.405. The van der Waals surface area contributed by atoms with Gasteiger partial charge in [0.05, 0.1) is 0 Å². The number of benzene rings is 1. The molecular formula is C9H9Cl. The molecule has 1 aliphatic carbocycles. The second kappa shape index (κ2) is 2.28. The predicted molar refractivity (Wildman–Crippen MR) is 43.4 cm³/mol. The van der Waals surface area contributed by atoms with E-state index in [0.717, 1.165) is 6.42 Å². The molecule has 0 spiro atoms. The molecular weight excluding hydrogens is 144 g/mol. The molecule has 1 aromatic carbocycles. The highest BCUT2D eigenvalue weighted by molar-refractivity contribution is 6.23. The minimum atomic E-state index is 0.405. The lowest BCUT2D eigenvalue weighted by molar-refractivity contribution is 1.13. The Morgan fingerprint density at radius 1 is 1.20 bits per heavy atom. The van der Waals surface area contributed by atoms with Crippen LogP contribution in [0.15, 0.2) is 30.3 Å². The highest BCUT2D eigenvalue weighted by atomic mass is 35.5. The molecule has 0 saturated heterocycles. The van der Waals surface area contributed by atoms with Crippen LogP contribution >= 0.6 is 11.6 Å². The molecule has 52 valence electrons. The molecule has 0 unspecified atom stereocenters. The highest BCUT2D eigenvalue weighted by Gasteiger charge is 2.35. The molecule has 2 rings (SSSR count). The topological polar surface area (TPSA) is 0 Å². The van der Waals surface area contributed by atoms with Crippen molar-refractivity contribution < 1.29 is 0 Å². The summed E-state index contributed by atoms with van der Waals surface area (Å²) < 4.78 is 0. The molecule has 0 aliphatic heterocycles. The summed E-state index contributed by atoms with van der Waals surface area (Å²) >= 11 is 5.89. The molecule has 1 aliphatic rings. The van der Waals surface area contributed by atoms with Crippen molar-refractivity contribution in [2.24, 2.45) is 0 Å². The van der Waals surface area contributed by atoms with E-state index in [4.69, 9.17) is 11.6 Å². The third-order valence-corrected chi connectivity index (χ3v) is 2.42. The Morgan fingerprint density at radius 3 is 2.30 bits per heavy atom. The zero-order chi connectivity index (χ0) is 6.97. The first-order valence-corrected chi connectivity index (χ1v) is 4.00. The summed E-state index contributed by atoms with van der Waals surface area (Å²) in [5.74, 6) is 0.642. The zero-order valence-electron chi connectivity index (χ0n) is 5.63. The third kappa shape index (κ3) is 1.04. The molecule has 10 heavy (non-hydrogen) atoms. The Morgan fingerprint density at radius 2 is 1.80 bits per heavy atom. The summed E-state index contributed by atoms with van der Waals surface area (Å²) in [5, 5.41) is 0.405. The fourth-order valence-electron chi connectivity index (χ4n) is 1.21. The van der Waals surface area contributed by atoms with Gasteiger partial charge in [-0.1, -0.05) is 30.3 Å². The number of hydrogen-bond acceptors (Lipinski definition) is 0. The van der Waals surface area contributed by atoms with Crippen LogP contribution in [0.25, 0.3) is 0 Å². The van der Waals surface area contributed by atoms with Crippen molar-refractivity contribution in [3.8, 4) is 0 Å². The van der Waals surface area contributed by atoms with Gasteiger partial charge in [-0.15, -0.1) is 11.6 Å². The van der Waals surface area contributed by atoms with Crippen LogP contribution in [0.4, 0.5) is 0 Å². The summed E-state index contributed by atoms with van der Waals surface area (Å²) in [6, 6.07) is 10.5. The summed E-state index contributed by atoms with van der Waals surface area (Å²) in [7, 11) is 0. The molecule has 1 aromatic rings. The van der Waals surface area contributed by atoms with Crippen molar-refractivity contribution >= 4 is 11.6 Å². The molecule has 0 bridgehead atoms. The van der Waals surface area contributed by atoms with E-state index in [2.05, 4.69) is 24.3 Å². The molecule has 0 radical (unpaired) electrons. The van der Waals surface area contributed by atoms with Gasteiger partial charge in [-0.05, 0) is 12.0 Å². The quantitative estimate of drug-likeness (QED) is 0.543. The van der Waals surface area contributed by atoms with Crippen LogP contribution in [0.2, 0.25) is 0 Å². The molecule has 1 fully saturated rings. The Bertz CT molecular complexity index is 217. The minimum Gasteiger partial charge on any atom is -0.122 e. The van der Waals surface area contributed by atoms with Gasteiger partial charge in [0.1, 0.15) is 0 Å². The van der Waals surface area contributed by atoms with Crippen LogP contribution in [-0.2, 0) is 0 Å². The Labute approximate surface area is 65.8 Å². The first kappa shape index (κ1) is 6.23. The van der Waals surface area contributed by atoms with Crippen molar-refractivity contribution in [3.63, 3.8) is 0 Å². The van der Waals surface area contributed by atoms with Crippen LogP contribution in [0, 0.1) is 0 Å². The molecule has 0 heterocycles. The van der Waals surface area contributed by atoms with Crippen molar-refractivity contribution in [1.82, 2.24) is 0 Å². The van der Waals surface area contributed by atoms with E-state index < -0.39 is 0 Å². The largest absolute Gasteiger partial charge is 0.122 e. The lowest BCUT2D eigenvalue weighted by atomic mass is 10.1. The maximum atomic E-state index is 5.89. The molecule has 2 atom stereocenters. The van der Waals surface area contributed by atoms with Gasteiger partial charge < -0.3 is 0 Å². The number of rotatable bonds is 1. The average Bonchev–Trinajstić information content (AvgIpc) is 2.69. The first-order valence-electron chi connectivity index (χ1n) is 3.57.